The molecule has 6 heteroatoms. The molecule has 0 N–H and O–H groups in total. The van der Waals surface area contributed by atoms with Crippen LogP contribution in [0.3, 0.4) is 0 Å². The van der Waals surface area contributed by atoms with E-state index in [1.807, 2.05) is 11.3 Å². The summed E-state index contributed by atoms with van der Waals surface area (Å²) in [5.41, 5.74) is 12.2. The fraction of sp³-hybridized carbons (Fsp3) is 0. The van der Waals surface area contributed by atoms with Gasteiger partial charge in [0.1, 0.15) is 0 Å². The molecular weight excluding hydrogens is 865 g/mol. The molecule has 0 radical (unpaired) electrons. The van der Waals surface area contributed by atoms with E-state index in [1.54, 1.807) is 11.3 Å². The predicted octanol–water partition coefficient (Wildman–Crippen LogP) is 17.6. The summed E-state index contributed by atoms with van der Waals surface area (Å²) in [6.07, 6.45) is 0. The standard InChI is InChI=1S/C62H36N4S2/c1-3-16-39(17-4-1)56-36-50-61(68-56)59(41-29-33-55-49(35-41)46-22-11-12-25-54(46)67-55)64-62(63-50)66-51-31-28-40(34-48(51)47-30-26-38-15-8-10-21-45(38)60(47)66)44-23-13-24-52-58(44)57-43-20-9-7-14-37(43)27-32-53(57)65(52)42-18-5-2-6-19-42/h1-36H. The lowest BCUT2D eigenvalue weighted by molar-refractivity contribution is 1.02. The molecule has 5 aromatic heterocycles. The van der Waals surface area contributed by atoms with Crippen molar-refractivity contribution in [3.63, 3.8) is 0 Å². The number of rotatable bonds is 5. The molecule has 4 nitrogen and oxygen atoms in total. The van der Waals surface area contributed by atoms with Crippen LogP contribution in [0.2, 0.25) is 0 Å². The Labute approximate surface area is 397 Å². The van der Waals surface area contributed by atoms with Crippen LogP contribution in [0.25, 0.3) is 140 Å². The van der Waals surface area contributed by atoms with Crippen LogP contribution < -0.4 is 0 Å². The molecule has 68 heavy (non-hydrogen) atoms. The SMILES string of the molecule is c1ccc(-c2cc3nc(-n4c5ccc(-c6cccc7c6c6c8ccccc8ccc6n7-c6ccccc6)cc5c5ccc6ccccc6c54)nc(-c4ccc5sc6ccccc6c5c4)c3s2)cc1. The third-order valence-corrected chi connectivity index (χ3v) is 16.3. The van der Waals surface area contributed by atoms with Gasteiger partial charge in [0, 0.05) is 63.2 Å². The second kappa shape index (κ2) is 14.5. The molecule has 0 aliphatic rings. The first-order chi connectivity index (χ1) is 33.7. The minimum absolute atomic E-state index is 0.656. The van der Waals surface area contributed by atoms with Gasteiger partial charge in [0.25, 0.3) is 0 Å². The predicted molar refractivity (Wildman–Crippen MR) is 290 cm³/mol. The lowest BCUT2D eigenvalue weighted by Gasteiger charge is -2.12. The molecule has 0 unspecified atom stereocenters. The zero-order valence-electron chi connectivity index (χ0n) is 36.4. The molecule has 10 aromatic carbocycles. The van der Waals surface area contributed by atoms with Crippen LogP contribution in [0, 0.1) is 0 Å². The number of hydrogen-bond acceptors (Lipinski definition) is 4. The highest BCUT2D eigenvalue weighted by Gasteiger charge is 2.24. The summed E-state index contributed by atoms with van der Waals surface area (Å²) in [4.78, 5) is 12.4. The fourth-order valence-corrected chi connectivity index (χ4v) is 13.1. The van der Waals surface area contributed by atoms with Crippen LogP contribution in [0.1, 0.15) is 0 Å². The van der Waals surface area contributed by atoms with Crippen LogP contribution in [0.15, 0.2) is 218 Å². The molecule has 0 aliphatic carbocycles. The van der Waals surface area contributed by atoms with Crippen molar-refractivity contribution in [2.45, 2.75) is 0 Å². The molecule has 0 atom stereocenters. The molecule has 316 valence electrons. The Morgan fingerprint density at radius 3 is 1.91 bits per heavy atom. The zero-order chi connectivity index (χ0) is 44.5. The largest absolute Gasteiger partial charge is 0.309 e. The summed E-state index contributed by atoms with van der Waals surface area (Å²) in [5.74, 6) is 0.656. The maximum atomic E-state index is 5.68. The van der Waals surface area contributed by atoms with E-state index in [-0.39, 0.29) is 0 Å². The van der Waals surface area contributed by atoms with Crippen molar-refractivity contribution in [2.75, 3.05) is 0 Å². The summed E-state index contributed by atoms with van der Waals surface area (Å²) in [5, 5.41) is 12.2. The van der Waals surface area contributed by atoms with Crippen LogP contribution in [0.4, 0.5) is 0 Å². The number of benzene rings is 10. The summed E-state index contributed by atoms with van der Waals surface area (Å²) < 4.78 is 8.39. The highest BCUT2D eigenvalue weighted by Crippen LogP contribution is 2.46. The van der Waals surface area contributed by atoms with Crippen LogP contribution in [0.5, 0.6) is 0 Å². The van der Waals surface area contributed by atoms with Crippen molar-refractivity contribution in [2.24, 2.45) is 0 Å². The average molecular weight is 901 g/mol. The van der Waals surface area contributed by atoms with Gasteiger partial charge in [-0.15, -0.1) is 22.7 Å². The molecule has 0 bridgehead atoms. The number of para-hydroxylation sites is 1. The Bertz CT molecular complexity index is 4560. The number of fused-ring (bicyclic) bond motifs is 14. The summed E-state index contributed by atoms with van der Waals surface area (Å²) >= 11 is 3.61. The second-order valence-corrected chi connectivity index (χ2v) is 19.8. The first-order valence-corrected chi connectivity index (χ1v) is 24.6. The highest BCUT2D eigenvalue weighted by atomic mass is 32.1. The highest BCUT2D eigenvalue weighted by molar-refractivity contribution is 7.25. The summed E-state index contributed by atoms with van der Waals surface area (Å²) in [6.45, 7) is 0. The van der Waals surface area contributed by atoms with Gasteiger partial charge >= 0.3 is 0 Å². The van der Waals surface area contributed by atoms with E-state index in [4.69, 9.17) is 9.97 Å². The van der Waals surface area contributed by atoms with E-state index < -0.39 is 0 Å². The quantitative estimate of drug-likeness (QED) is 0.173. The third kappa shape index (κ3) is 5.53. The van der Waals surface area contributed by atoms with E-state index in [0.717, 1.165) is 59.9 Å². The van der Waals surface area contributed by atoms with Crippen LogP contribution in [-0.2, 0) is 0 Å². The van der Waals surface area contributed by atoms with Crippen molar-refractivity contribution < 1.29 is 0 Å². The zero-order valence-corrected chi connectivity index (χ0v) is 38.0. The molecule has 0 saturated carbocycles. The second-order valence-electron chi connectivity index (χ2n) is 17.7. The van der Waals surface area contributed by atoms with Gasteiger partial charge in [0.05, 0.1) is 38.0 Å². The van der Waals surface area contributed by atoms with Crippen molar-refractivity contribution in [1.29, 1.82) is 0 Å². The fourth-order valence-electron chi connectivity index (χ4n) is 10.9. The van der Waals surface area contributed by atoms with Gasteiger partial charge in [-0.1, -0.05) is 158 Å². The number of thiophene rings is 2. The Balaban J connectivity index is 1.02. The molecule has 0 aliphatic heterocycles. The van der Waals surface area contributed by atoms with Crippen LogP contribution in [-0.4, -0.2) is 19.1 Å². The normalized spacial score (nSPS) is 12.1. The lowest BCUT2D eigenvalue weighted by Crippen LogP contribution is -2.03. The Kier molecular flexibility index (Phi) is 8.07. The minimum atomic E-state index is 0.656. The maximum absolute atomic E-state index is 5.68. The van der Waals surface area contributed by atoms with Crippen molar-refractivity contribution in [3.8, 4) is 44.5 Å². The smallest absolute Gasteiger partial charge is 0.235 e. The van der Waals surface area contributed by atoms with Gasteiger partial charge < -0.3 is 4.57 Å². The maximum Gasteiger partial charge on any atom is 0.235 e. The first-order valence-electron chi connectivity index (χ1n) is 23.0. The molecule has 15 aromatic rings. The number of nitrogens with zero attached hydrogens (tertiary/aromatic N) is 4. The van der Waals surface area contributed by atoms with E-state index >= 15 is 0 Å². The van der Waals surface area contributed by atoms with Crippen molar-refractivity contribution >= 4 is 118 Å². The lowest BCUT2D eigenvalue weighted by atomic mass is 9.95. The van der Waals surface area contributed by atoms with E-state index in [9.17, 15) is 0 Å². The Hall–Kier alpha value is -8.42. The molecule has 15 rings (SSSR count). The van der Waals surface area contributed by atoms with E-state index in [2.05, 4.69) is 228 Å². The van der Waals surface area contributed by atoms with Crippen LogP contribution >= 0.6 is 22.7 Å². The molecule has 0 amide bonds. The van der Waals surface area contributed by atoms with Crippen molar-refractivity contribution in [1.82, 2.24) is 19.1 Å². The summed E-state index contributed by atoms with van der Waals surface area (Å²) in [6, 6.07) is 79.6. The first kappa shape index (κ1) is 37.8. The molecule has 5 heterocycles. The monoisotopic (exact) mass is 900 g/mol. The molecule has 0 spiro atoms. The molecular formula is C62H36N4S2. The molecule has 0 fully saturated rings. The minimum Gasteiger partial charge on any atom is -0.309 e. The molecule has 0 saturated heterocycles. The average Bonchev–Trinajstić information content (AvgIpc) is 4.18. The van der Waals surface area contributed by atoms with E-state index in [1.165, 1.54) is 74.1 Å². The Morgan fingerprint density at radius 2 is 1.04 bits per heavy atom. The van der Waals surface area contributed by atoms with Gasteiger partial charge in [-0.3, -0.25) is 4.57 Å². The van der Waals surface area contributed by atoms with Crippen molar-refractivity contribution in [3.05, 3.63) is 218 Å². The van der Waals surface area contributed by atoms with Gasteiger partial charge in [-0.2, -0.15) is 0 Å². The van der Waals surface area contributed by atoms with Gasteiger partial charge in [0.2, 0.25) is 5.95 Å². The van der Waals surface area contributed by atoms with Gasteiger partial charge in [-0.25, -0.2) is 9.97 Å². The van der Waals surface area contributed by atoms with E-state index in [0.29, 0.717) is 5.95 Å². The van der Waals surface area contributed by atoms with Gasteiger partial charge in [-0.05, 0) is 93.5 Å². The summed E-state index contributed by atoms with van der Waals surface area (Å²) in [7, 11) is 0. The van der Waals surface area contributed by atoms with Gasteiger partial charge in [0.15, 0.2) is 0 Å². The Morgan fingerprint density at radius 1 is 0.368 bits per heavy atom. The third-order valence-electron chi connectivity index (χ3n) is 13.9. The number of hydrogen-bond donors (Lipinski definition) is 0. The number of aromatic nitrogens is 4. The topological polar surface area (TPSA) is 35.6 Å².